The third-order valence-corrected chi connectivity index (χ3v) is 5.12. The highest BCUT2D eigenvalue weighted by Gasteiger charge is 2.36. The number of carbonyl (C=O) groups excluding carboxylic acids is 1. The lowest BCUT2D eigenvalue weighted by molar-refractivity contribution is 0.0234. The lowest BCUT2D eigenvalue weighted by Crippen LogP contribution is -2.41. The summed E-state index contributed by atoms with van der Waals surface area (Å²) in [6.07, 6.45) is 4.26. The molecule has 3 N–H and O–H groups in total. The van der Waals surface area contributed by atoms with Crippen LogP contribution in [0.5, 0.6) is 0 Å². The number of amides is 1. The Kier molecular flexibility index (Phi) is 4.83. The van der Waals surface area contributed by atoms with Gasteiger partial charge in [0.1, 0.15) is 5.69 Å². The number of rotatable bonds is 5. The van der Waals surface area contributed by atoms with E-state index in [4.69, 9.17) is 0 Å². The molecule has 138 valence electrons. The summed E-state index contributed by atoms with van der Waals surface area (Å²) in [5.74, 6) is -0.155. The zero-order valence-electron chi connectivity index (χ0n) is 14.7. The molecule has 0 unspecified atom stereocenters. The first-order valence-corrected chi connectivity index (χ1v) is 9.03. The van der Waals surface area contributed by atoms with Gasteiger partial charge in [-0.15, -0.1) is 0 Å². The number of benzene rings is 1. The van der Waals surface area contributed by atoms with Crippen LogP contribution in [0.1, 0.15) is 40.5 Å². The molecule has 3 aromatic rings. The molecule has 6 heteroatoms. The Balaban J connectivity index is 1.63. The number of fused-ring (bicyclic) bond motifs is 1. The van der Waals surface area contributed by atoms with E-state index in [2.05, 4.69) is 15.3 Å². The van der Waals surface area contributed by atoms with Crippen LogP contribution in [-0.2, 0) is 6.61 Å². The second kappa shape index (κ2) is 7.42. The molecule has 0 saturated heterocycles. The molecule has 2 heterocycles. The first kappa shape index (κ1) is 17.6. The second-order valence-corrected chi connectivity index (χ2v) is 7.01. The van der Waals surface area contributed by atoms with Crippen LogP contribution in [0.15, 0.2) is 54.9 Å². The van der Waals surface area contributed by atoms with Crippen molar-refractivity contribution in [1.29, 1.82) is 0 Å². The summed E-state index contributed by atoms with van der Waals surface area (Å²) in [6.45, 7) is -0.143. The summed E-state index contributed by atoms with van der Waals surface area (Å²) in [7, 11) is 0. The standard InChI is InChI=1S/C21H21N3O3/c25-12-13-5-6-22-19(7-13)21(27)24-20(15-9-17(26)10-15)16-8-14-3-1-2-4-18(14)23-11-16/h1-8,11,15,17,20,25-26H,9-10,12H2,(H,24,27)/t15?,17?,20-/m1/s1. The van der Waals surface area contributed by atoms with Gasteiger partial charge in [0.05, 0.1) is 24.3 Å². The summed E-state index contributed by atoms with van der Waals surface area (Å²) in [4.78, 5) is 21.4. The lowest BCUT2D eigenvalue weighted by atomic mass is 9.75. The summed E-state index contributed by atoms with van der Waals surface area (Å²) in [6, 6.07) is 12.9. The monoisotopic (exact) mass is 363 g/mol. The highest BCUT2D eigenvalue weighted by Crippen LogP contribution is 2.38. The molecule has 4 rings (SSSR count). The maximum Gasteiger partial charge on any atom is 0.270 e. The predicted octanol–water partition coefficient (Wildman–Crippen LogP) is 2.36. The number of aromatic nitrogens is 2. The fourth-order valence-corrected chi connectivity index (χ4v) is 3.55. The molecule has 1 atom stereocenters. The molecule has 6 nitrogen and oxygen atoms in total. The number of hydrogen-bond donors (Lipinski definition) is 3. The second-order valence-electron chi connectivity index (χ2n) is 7.01. The lowest BCUT2D eigenvalue weighted by Gasteiger charge is -2.38. The third kappa shape index (κ3) is 3.67. The number of nitrogens with zero attached hydrogens (tertiary/aromatic N) is 2. The highest BCUT2D eigenvalue weighted by molar-refractivity contribution is 5.92. The van der Waals surface area contributed by atoms with Gasteiger partial charge in [0.15, 0.2) is 0 Å². The van der Waals surface area contributed by atoms with Crippen molar-refractivity contribution >= 4 is 16.8 Å². The topological polar surface area (TPSA) is 95.3 Å². The van der Waals surface area contributed by atoms with Crippen molar-refractivity contribution < 1.29 is 15.0 Å². The number of nitrogens with one attached hydrogen (secondary N) is 1. The Hall–Kier alpha value is -2.83. The molecule has 1 fully saturated rings. The van der Waals surface area contributed by atoms with Crippen molar-refractivity contribution in [2.24, 2.45) is 5.92 Å². The van der Waals surface area contributed by atoms with Gasteiger partial charge in [-0.3, -0.25) is 14.8 Å². The van der Waals surface area contributed by atoms with Crippen LogP contribution in [-0.4, -0.2) is 32.2 Å². The molecule has 0 bridgehead atoms. The van der Waals surface area contributed by atoms with Crippen molar-refractivity contribution in [2.45, 2.75) is 31.6 Å². The Bertz CT molecular complexity index is 970. The molecule has 1 aliphatic rings. The molecule has 2 aromatic heterocycles. The van der Waals surface area contributed by atoms with Crippen LogP contribution in [0.3, 0.4) is 0 Å². The van der Waals surface area contributed by atoms with E-state index in [1.54, 1.807) is 18.3 Å². The molecule has 1 aliphatic carbocycles. The molecule has 1 amide bonds. The SMILES string of the molecule is O=C(N[C@@H](c1cnc2ccccc2c1)C1CC(O)C1)c1cc(CO)ccn1. The smallest absolute Gasteiger partial charge is 0.270 e. The Labute approximate surface area is 156 Å². The average molecular weight is 363 g/mol. The van der Waals surface area contributed by atoms with E-state index in [1.807, 2.05) is 30.3 Å². The molecular formula is C21H21N3O3. The number of hydrogen-bond acceptors (Lipinski definition) is 5. The zero-order chi connectivity index (χ0) is 18.8. The van der Waals surface area contributed by atoms with Gasteiger partial charge in [-0.2, -0.15) is 0 Å². The van der Waals surface area contributed by atoms with Crippen LogP contribution in [0.2, 0.25) is 0 Å². The van der Waals surface area contributed by atoms with Crippen LogP contribution in [0.4, 0.5) is 0 Å². The fraction of sp³-hybridized carbons (Fsp3) is 0.286. The van der Waals surface area contributed by atoms with Crippen molar-refractivity contribution in [1.82, 2.24) is 15.3 Å². The minimum absolute atomic E-state index is 0.143. The van der Waals surface area contributed by atoms with Crippen LogP contribution < -0.4 is 5.32 Å². The van der Waals surface area contributed by atoms with Gasteiger partial charge in [-0.25, -0.2) is 0 Å². The molecule has 0 spiro atoms. The molecule has 0 aliphatic heterocycles. The van der Waals surface area contributed by atoms with E-state index in [0.717, 1.165) is 16.5 Å². The summed E-state index contributed by atoms with van der Waals surface area (Å²) < 4.78 is 0. The van der Waals surface area contributed by atoms with Crippen molar-refractivity contribution in [3.05, 3.63) is 71.7 Å². The van der Waals surface area contributed by atoms with Crippen LogP contribution in [0, 0.1) is 5.92 Å². The van der Waals surface area contributed by atoms with Gasteiger partial charge in [0.25, 0.3) is 5.91 Å². The van der Waals surface area contributed by atoms with Crippen molar-refractivity contribution in [3.63, 3.8) is 0 Å². The highest BCUT2D eigenvalue weighted by atomic mass is 16.3. The maximum atomic E-state index is 12.7. The van der Waals surface area contributed by atoms with E-state index >= 15 is 0 Å². The first-order chi connectivity index (χ1) is 13.1. The minimum Gasteiger partial charge on any atom is -0.393 e. The largest absolute Gasteiger partial charge is 0.393 e. The predicted molar refractivity (Wildman–Crippen MR) is 101 cm³/mol. The number of aliphatic hydroxyl groups is 2. The average Bonchev–Trinajstić information content (AvgIpc) is 2.69. The Morgan fingerprint density at radius 2 is 2.00 bits per heavy atom. The van der Waals surface area contributed by atoms with E-state index in [0.29, 0.717) is 18.4 Å². The molecular weight excluding hydrogens is 342 g/mol. The Morgan fingerprint density at radius 3 is 2.78 bits per heavy atom. The molecule has 0 radical (unpaired) electrons. The Morgan fingerprint density at radius 1 is 1.19 bits per heavy atom. The van der Waals surface area contributed by atoms with Gasteiger partial charge in [-0.1, -0.05) is 18.2 Å². The van der Waals surface area contributed by atoms with E-state index in [9.17, 15) is 15.0 Å². The summed E-state index contributed by atoms with van der Waals surface area (Å²) >= 11 is 0. The van der Waals surface area contributed by atoms with Crippen LogP contribution in [0.25, 0.3) is 10.9 Å². The quantitative estimate of drug-likeness (QED) is 0.647. The molecule has 27 heavy (non-hydrogen) atoms. The van der Waals surface area contributed by atoms with Gasteiger partial charge < -0.3 is 15.5 Å². The van der Waals surface area contributed by atoms with E-state index in [-0.39, 0.29) is 36.3 Å². The van der Waals surface area contributed by atoms with Gasteiger partial charge >= 0.3 is 0 Å². The van der Waals surface area contributed by atoms with E-state index in [1.165, 1.54) is 6.20 Å². The van der Waals surface area contributed by atoms with Crippen molar-refractivity contribution in [3.8, 4) is 0 Å². The number of carbonyl (C=O) groups is 1. The number of pyridine rings is 2. The maximum absolute atomic E-state index is 12.7. The van der Waals surface area contributed by atoms with Crippen LogP contribution >= 0.6 is 0 Å². The minimum atomic E-state index is -0.321. The summed E-state index contributed by atoms with van der Waals surface area (Å²) in [5, 5.41) is 23.1. The summed E-state index contributed by atoms with van der Waals surface area (Å²) in [5.41, 5.74) is 2.72. The fourth-order valence-electron chi connectivity index (χ4n) is 3.55. The van der Waals surface area contributed by atoms with Crippen molar-refractivity contribution in [2.75, 3.05) is 0 Å². The third-order valence-electron chi connectivity index (χ3n) is 5.12. The van der Waals surface area contributed by atoms with E-state index < -0.39 is 0 Å². The first-order valence-electron chi connectivity index (χ1n) is 9.03. The normalized spacial score (nSPS) is 20.1. The van der Waals surface area contributed by atoms with Gasteiger partial charge in [0.2, 0.25) is 0 Å². The number of aliphatic hydroxyl groups excluding tert-OH is 2. The van der Waals surface area contributed by atoms with Gasteiger partial charge in [-0.05, 0) is 54.2 Å². The molecule has 1 aromatic carbocycles. The van der Waals surface area contributed by atoms with Gasteiger partial charge in [0, 0.05) is 17.8 Å². The molecule has 1 saturated carbocycles. The zero-order valence-corrected chi connectivity index (χ0v) is 14.7. The number of para-hydroxylation sites is 1.